The lowest BCUT2D eigenvalue weighted by atomic mass is 9.96. The van der Waals surface area contributed by atoms with Crippen molar-refractivity contribution in [3.8, 4) is 0 Å². The molecule has 0 aromatic heterocycles. The van der Waals surface area contributed by atoms with Crippen molar-refractivity contribution in [2.75, 3.05) is 19.6 Å². The standard InChI is InChI=1S/C20H35N11O4/c1-20(2,3)31(16(19(34)35)10-5-7-13-25-29-22)18(33)15(9-4-6-12-24-28-21)27-17(32)11-8-14-26-30-23/h15-16H,4-14H2,1-3H3,(H,27,32)(H,34,35). The topological polar surface area (TPSA) is 233 Å². The normalized spacial score (nSPS) is 12.2. The number of carboxylic acids is 1. The number of carboxylic acid groups (broad SMARTS) is 1. The predicted molar refractivity (Wildman–Crippen MR) is 129 cm³/mol. The largest absolute Gasteiger partial charge is 0.480 e. The van der Waals surface area contributed by atoms with Gasteiger partial charge in [-0.25, -0.2) is 4.79 Å². The Kier molecular flexibility index (Phi) is 15.9. The van der Waals surface area contributed by atoms with Crippen molar-refractivity contribution in [2.24, 2.45) is 15.3 Å². The van der Waals surface area contributed by atoms with Gasteiger partial charge in [-0.3, -0.25) is 9.59 Å². The molecule has 0 aliphatic rings. The smallest absolute Gasteiger partial charge is 0.326 e. The number of amides is 2. The number of hydrogen-bond donors (Lipinski definition) is 2. The van der Waals surface area contributed by atoms with Gasteiger partial charge in [0.25, 0.3) is 0 Å². The lowest BCUT2D eigenvalue weighted by Gasteiger charge is -2.42. The van der Waals surface area contributed by atoms with Gasteiger partial charge in [0.05, 0.1) is 0 Å². The third-order valence-electron chi connectivity index (χ3n) is 5.03. The predicted octanol–water partition coefficient (Wildman–Crippen LogP) is 4.60. The van der Waals surface area contributed by atoms with E-state index in [4.69, 9.17) is 16.6 Å². The first-order valence-electron chi connectivity index (χ1n) is 11.5. The van der Waals surface area contributed by atoms with E-state index in [1.807, 2.05) is 0 Å². The van der Waals surface area contributed by atoms with Crippen LogP contribution in [-0.4, -0.2) is 65.0 Å². The number of rotatable bonds is 18. The lowest BCUT2D eigenvalue weighted by molar-refractivity contribution is -0.157. The Balaban J connectivity index is 5.69. The first-order chi connectivity index (χ1) is 16.6. The summed E-state index contributed by atoms with van der Waals surface area (Å²) < 4.78 is 0. The highest BCUT2D eigenvalue weighted by atomic mass is 16.4. The zero-order valence-electron chi connectivity index (χ0n) is 20.6. The second-order valence-corrected chi connectivity index (χ2v) is 8.81. The Morgan fingerprint density at radius 3 is 1.80 bits per heavy atom. The zero-order chi connectivity index (χ0) is 26.7. The minimum atomic E-state index is -1.17. The first kappa shape index (κ1) is 31.3. The number of aliphatic carboxylic acids is 1. The van der Waals surface area contributed by atoms with Crippen LogP contribution >= 0.6 is 0 Å². The average Bonchev–Trinajstić information content (AvgIpc) is 2.78. The molecule has 0 aromatic carbocycles. The quantitative estimate of drug-likeness (QED) is 0.120. The molecule has 15 nitrogen and oxygen atoms in total. The minimum Gasteiger partial charge on any atom is -0.480 e. The van der Waals surface area contributed by atoms with E-state index in [0.717, 1.165) is 0 Å². The van der Waals surface area contributed by atoms with Gasteiger partial charge in [-0.05, 0) is 69.5 Å². The number of azide groups is 3. The van der Waals surface area contributed by atoms with Gasteiger partial charge >= 0.3 is 5.97 Å². The van der Waals surface area contributed by atoms with E-state index in [2.05, 4.69) is 35.4 Å². The Morgan fingerprint density at radius 2 is 1.34 bits per heavy atom. The van der Waals surface area contributed by atoms with Crippen molar-refractivity contribution in [3.05, 3.63) is 31.3 Å². The average molecular weight is 494 g/mol. The van der Waals surface area contributed by atoms with E-state index in [1.165, 1.54) is 4.90 Å². The number of carbonyl (C=O) groups is 3. The van der Waals surface area contributed by atoms with Crippen LogP contribution in [0, 0.1) is 0 Å². The number of unbranched alkanes of at least 4 members (excludes halogenated alkanes) is 2. The zero-order valence-corrected chi connectivity index (χ0v) is 20.6. The van der Waals surface area contributed by atoms with Crippen molar-refractivity contribution in [1.29, 1.82) is 0 Å². The molecule has 0 saturated carbocycles. The second-order valence-electron chi connectivity index (χ2n) is 8.81. The fourth-order valence-electron chi connectivity index (χ4n) is 3.50. The van der Waals surface area contributed by atoms with Crippen LogP contribution in [0.15, 0.2) is 15.3 Å². The number of nitrogens with zero attached hydrogens (tertiary/aromatic N) is 10. The molecule has 0 fully saturated rings. The van der Waals surface area contributed by atoms with Crippen LogP contribution < -0.4 is 5.32 Å². The SMILES string of the molecule is CC(C)(C)N(C(=O)C(CCCCN=[N+]=[N-])NC(=O)CCCN=[N+]=[N-])C(CCCCN=[N+]=[N-])C(=O)O. The molecular formula is C20H35N11O4. The summed E-state index contributed by atoms with van der Waals surface area (Å²) >= 11 is 0. The number of hydrogen-bond acceptors (Lipinski definition) is 6. The molecule has 2 amide bonds. The molecule has 0 aliphatic carbocycles. The molecule has 2 unspecified atom stereocenters. The fraction of sp³-hybridized carbons (Fsp3) is 0.850. The summed E-state index contributed by atoms with van der Waals surface area (Å²) in [5, 5.41) is 22.9. The molecule has 0 radical (unpaired) electrons. The van der Waals surface area contributed by atoms with E-state index in [0.29, 0.717) is 32.1 Å². The van der Waals surface area contributed by atoms with Gasteiger partial charge in [-0.2, -0.15) is 0 Å². The molecule has 0 saturated heterocycles. The first-order valence-corrected chi connectivity index (χ1v) is 11.5. The van der Waals surface area contributed by atoms with Gasteiger partial charge < -0.3 is 15.3 Å². The van der Waals surface area contributed by atoms with Gasteiger partial charge in [0, 0.05) is 46.3 Å². The Labute approximate surface area is 204 Å². The monoisotopic (exact) mass is 493 g/mol. The number of carbonyl (C=O) groups excluding carboxylic acids is 2. The van der Waals surface area contributed by atoms with Gasteiger partial charge in [-0.1, -0.05) is 28.2 Å². The molecule has 0 aromatic rings. The van der Waals surface area contributed by atoms with Gasteiger partial charge in [0.1, 0.15) is 12.1 Å². The third-order valence-corrected chi connectivity index (χ3v) is 5.03. The molecule has 0 rings (SSSR count). The molecule has 0 aliphatic heterocycles. The second kappa shape index (κ2) is 17.8. The van der Waals surface area contributed by atoms with Crippen LogP contribution in [0.3, 0.4) is 0 Å². The highest BCUT2D eigenvalue weighted by Gasteiger charge is 2.40. The van der Waals surface area contributed by atoms with Crippen molar-refractivity contribution >= 4 is 17.8 Å². The minimum absolute atomic E-state index is 0.0405. The Hall–Kier alpha value is -3.66. The molecule has 15 heteroatoms. The summed E-state index contributed by atoms with van der Waals surface area (Å²) in [6, 6.07) is -2.11. The summed E-state index contributed by atoms with van der Waals surface area (Å²) in [6.07, 6.45) is 2.61. The maximum atomic E-state index is 13.6. The van der Waals surface area contributed by atoms with Gasteiger partial charge in [0.15, 0.2) is 0 Å². The third kappa shape index (κ3) is 13.6. The van der Waals surface area contributed by atoms with E-state index in [1.54, 1.807) is 20.8 Å². The molecule has 2 atom stereocenters. The highest BCUT2D eigenvalue weighted by molar-refractivity contribution is 5.91. The maximum absolute atomic E-state index is 13.6. The van der Waals surface area contributed by atoms with Crippen LogP contribution in [0.5, 0.6) is 0 Å². The summed E-state index contributed by atoms with van der Waals surface area (Å²) in [5.74, 6) is -2.10. The van der Waals surface area contributed by atoms with Gasteiger partial charge in [0.2, 0.25) is 11.8 Å². The van der Waals surface area contributed by atoms with E-state index >= 15 is 0 Å². The summed E-state index contributed by atoms with van der Waals surface area (Å²) in [7, 11) is 0. The van der Waals surface area contributed by atoms with Crippen LogP contribution in [-0.2, 0) is 14.4 Å². The van der Waals surface area contributed by atoms with Crippen LogP contribution in [0.2, 0.25) is 0 Å². The summed E-state index contributed by atoms with van der Waals surface area (Å²) in [5.41, 5.74) is 24.3. The van der Waals surface area contributed by atoms with E-state index in [-0.39, 0.29) is 38.9 Å². The van der Waals surface area contributed by atoms with Crippen LogP contribution in [0.1, 0.15) is 72.1 Å². The highest BCUT2D eigenvalue weighted by Crippen LogP contribution is 2.24. The molecule has 0 spiro atoms. The molecule has 194 valence electrons. The van der Waals surface area contributed by atoms with Crippen molar-refractivity contribution in [1.82, 2.24) is 10.2 Å². The molecule has 0 heterocycles. The van der Waals surface area contributed by atoms with E-state index < -0.39 is 35.4 Å². The van der Waals surface area contributed by atoms with E-state index in [9.17, 15) is 19.5 Å². The van der Waals surface area contributed by atoms with Gasteiger partial charge in [-0.15, -0.1) is 0 Å². The van der Waals surface area contributed by atoms with Crippen molar-refractivity contribution in [2.45, 2.75) is 89.8 Å². The van der Waals surface area contributed by atoms with Crippen LogP contribution in [0.25, 0.3) is 31.3 Å². The van der Waals surface area contributed by atoms with Crippen LogP contribution in [0.4, 0.5) is 0 Å². The summed E-state index contributed by atoms with van der Waals surface area (Å²) in [4.78, 5) is 47.5. The summed E-state index contributed by atoms with van der Waals surface area (Å²) in [6.45, 7) is 5.78. The lowest BCUT2D eigenvalue weighted by Crippen LogP contribution is -2.60. The maximum Gasteiger partial charge on any atom is 0.326 e. The molecule has 2 N–H and O–H groups in total. The molecule has 0 bridgehead atoms. The fourth-order valence-corrected chi connectivity index (χ4v) is 3.50. The molecule has 35 heavy (non-hydrogen) atoms. The molecular weight excluding hydrogens is 458 g/mol. The van der Waals surface area contributed by atoms with Crippen molar-refractivity contribution < 1.29 is 19.5 Å². The Bertz CT molecular complexity index is 838. The Morgan fingerprint density at radius 1 is 0.857 bits per heavy atom. The number of nitrogens with one attached hydrogen (secondary N) is 1. The van der Waals surface area contributed by atoms with Crippen molar-refractivity contribution in [3.63, 3.8) is 0 Å².